The molecule has 8 aromatic carbocycles. The van der Waals surface area contributed by atoms with Crippen molar-refractivity contribution in [2.75, 3.05) is 0 Å². The van der Waals surface area contributed by atoms with Gasteiger partial charge in [0.05, 0.1) is 0 Å². The van der Waals surface area contributed by atoms with E-state index in [9.17, 15) is 0 Å². The third-order valence-electron chi connectivity index (χ3n) is 9.73. The molecule has 0 spiro atoms. The van der Waals surface area contributed by atoms with E-state index in [0.29, 0.717) is 17.5 Å². The number of fused-ring (bicyclic) bond motifs is 5. The zero-order valence-electron chi connectivity index (χ0n) is 27.5. The van der Waals surface area contributed by atoms with E-state index >= 15 is 0 Å². The van der Waals surface area contributed by atoms with Gasteiger partial charge in [0.1, 0.15) is 11.2 Å². The smallest absolute Gasteiger partial charge is 0.164 e. The fourth-order valence-electron chi connectivity index (χ4n) is 7.18. The lowest BCUT2D eigenvalue weighted by Crippen LogP contribution is -2.00. The van der Waals surface area contributed by atoms with E-state index in [1.807, 2.05) is 18.2 Å². The third-order valence-corrected chi connectivity index (χ3v) is 9.73. The van der Waals surface area contributed by atoms with Gasteiger partial charge in [-0.15, -0.1) is 0 Å². The van der Waals surface area contributed by atoms with Crippen LogP contribution in [0, 0.1) is 0 Å². The Balaban J connectivity index is 1.15. The number of hydrogen-bond acceptors (Lipinski definition) is 4. The van der Waals surface area contributed by atoms with Crippen LogP contribution in [0.3, 0.4) is 0 Å². The number of furan rings is 1. The molecule has 0 saturated heterocycles. The van der Waals surface area contributed by atoms with E-state index in [4.69, 9.17) is 19.4 Å². The van der Waals surface area contributed by atoms with Crippen LogP contribution in [-0.2, 0) is 0 Å². The van der Waals surface area contributed by atoms with Gasteiger partial charge in [-0.1, -0.05) is 152 Å². The van der Waals surface area contributed by atoms with E-state index in [0.717, 1.165) is 55.1 Å². The quantitative estimate of drug-likeness (QED) is 0.186. The summed E-state index contributed by atoms with van der Waals surface area (Å²) in [6.45, 7) is 0. The van der Waals surface area contributed by atoms with Gasteiger partial charge in [0.15, 0.2) is 17.5 Å². The summed E-state index contributed by atoms with van der Waals surface area (Å²) in [5.41, 5.74) is 8.96. The Kier molecular flexibility index (Phi) is 6.78. The number of rotatable bonds is 5. The van der Waals surface area contributed by atoms with Crippen LogP contribution in [0.2, 0.25) is 0 Å². The first-order chi connectivity index (χ1) is 25.2. The van der Waals surface area contributed by atoms with Crippen LogP contribution in [0.1, 0.15) is 0 Å². The average molecular weight is 652 g/mol. The molecule has 0 fully saturated rings. The van der Waals surface area contributed by atoms with Crippen molar-refractivity contribution in [3.05, 3.63) is 176 Å². The molecule has 10 rings (SSSR count). The van der Waals surface area contributed by atoms with E-state index in [1.54, 1.807) is 0 Å². The second-order valence-electron chi connectivity index (χ2n) is 12.8. The zero-order valence-corrected chi connectivity index (χ0v) is 27.5. The molecule has 4 heteroatoms. The molecule has 4 nitrogen and oxygen atoms in total. The SMILES string of the molecule is c1ccc(-c2ccc(-c3nc(-c4ccc5ccccc5c4)nc(-c4cccc5oc6cc(-c7cccc8ccccc78)ccc6c45)n3)cc2)cc1. The summed E-state index contributed by atoms with van der Waals surface area (Å²) in [5, 5.41) is 6.74. The Morgan fingerprint density at radius 1 is 0.314 bits per heavy atom. The van der Waals surface area contributed by atoms with Gasteiger partial charge in [-0.3, -0.25) is 0 Å². The van der Waals surface area contributed by atoms with Gasteiger partial charge < -0.3 is 4.42 Å². The molecule has 0 saturated carbocycles. The Labute approximate surface area is 294 Å². The number of benzene rings is 8. The molecule has 10 aromatic rings. The van der Waals surface area contributed by atoms with E-state index < -0.39 is 0 Å². The van der Waals surface area contributed by atoms with Crippen LogP contribution >= 0.6 is 0 Å². The molecule has 0 radical (unpaired) electrons. The van der Waals surface area contributed by atoms with Gasteiger partial charge >= 0.3 is 0 Å². The normalized spacial score (nSPS) is 11.5. The van der Waals surface area contributed by atoms with Gasteiger partial charge in [-0.2, -0.15) is 0 Å². The van der Waals surface area contributed by atoms with Crippen molar-refractivity contribution in [1.82, 2.24) is 15.0 Å². The van der Waals surface area contributed by atoms with Crippen molar-refractivity contribution >= 4 is 43.5 Å². The highest BCUT2D eigenvalue weighted by molar-refractivity contribution is 6.13. The predicted molar refractivity (Wildman–Crippen MR) is 209 cm³/mol. The summed E-state index contributed by atoms with van der Waals surface area (Å²) in [7, 11) is 0. The van der Waals surface area contributed by atoms with Crippen LogP contribution < -0.4 is 0 Å². The van der Waals surface area contributed by atoms with E-state index in [2.05, 4.69) is 158 Å². The molecule has 0 aliphatic rings. The highest BCUT2D eigenvalue weighted by atomic mass is 16.3. The average Bonchev–Trinajstić information content (AvgIpc) is 3.59. The van der Waals surface area contributed by atoms with Crippen LogP contribution in [0.25, 0.3) is 99.9 Å². The van der Waals surface area contributed by atoms with Gasteiger partial charge in [-0.05, 0) is 68.1 Å². The van der Waals surface area contributed by atoms with Gasteiger partial charge in [0.25, 0.3) is 0 Å². The van der Waals surface area contributed by atoms with Crippen molar-refractivity contribution in [2.24, 2.45) is 0 Å². The molecular weight excluding hydrogens is 623 g/mol. The number of nitrogens with zero attached hydrogens (tertiary/aromatic N) is 3. The molecule has 0 bridgehead atoms. The first-order valence-electron chi connectivity index (χ1n) is 17.1. The van der Waals surface area contributed by atoms with Crippen LogP contribution in [0.15, 0.2) is 180 Å². The summed E-state index contributed by atoms with van der Waals surface area (Å²) in [6.07, 6.45) is 0. The lowest BCUT2D eigenvalue weighted by molar-refractivity contribution is 0.669. The van der Waals surface area contributed by atoms with Crippen molar-refractivity contribution < 1.29 is 4.42 Å². The summed E-state index contributed by atoms with van der Waals surface area (Å²) in [5.74, 6) is 1.84. The van der Waals surface area contributed by atoms with Crippen LogP contribution in [0.5, 0.6) is 0 Å². The highest BCUT2D eigenvalue weighted by Crippen LogP contribution is 2.39. The second kappa shape index (κ2) is 11.9. The molecule has 2 aromatic heterocycles. The van der Waals surface area contributed by atoms with E-state index in [1.165, 1.54) is 27.3 Å². The summed E-state index contributed by atoms with van der Waals surface area (Å²) < 4.78 is 6.55. The molecule has 0 atom stereocenters. The minimum absolute atomic E-state index is 0.599. The fourth-order valence-corrected chi connectivity index (χ4v) is 7.18. The molecule has 0 aliphatic carbocycles. The molecule has 0 unspecified atom stereocenters. The molecule has 51 heavy (non-hydrogen) atoms. The first kappa shape index (κ1) is 29.0. The first-order valence-corrected chi connectivity index (χ1v) is 17.1. The third kappa shape index (κ3) is 5.13. The molecular formula is C47H29N3O. The van der Waals surface area contributed by atoms with Crippen molar-refractivity contribution in [2.45, 2.75) is 0 Å². The lowest BCUT2D eigenvalue weighted by atomic mass is 9.97. The minimum Gasteiger partial charge on any atom is -0.456 e. The van der Waals surface area contributed by atoms with Crippen molar-refractivity contribution in [3.63, 3.8) is 0 Å². The second-order valence-corrected chi connectivity index (χ2v) is 12.8. The minimum atomic E-state index is 0.599. The zero-order chi connectivity index (χ0) is 33.7. The maximum absolute atomic E-state index is 6.55. The summed E-state index contributed by atoms with van der Waals surface area (Å²) >= 11 is 0. The number of aromatic nitrogens is 3. The van der Waals surface area contributed by atoms with Gasteiger partial charge in [0, 0.05) is 27.5 Å². The molecule has 0 N–H and O–H groups in total. The Morgan fingerprint density at radius 3 is 1.78 bits per heavy atom. The van der Waals surface area contributed by atoms with E-state index in [-0.39, 0.29) is 0 Å². The molecule has 238 valence electrons. The monoisotopic (exact) mass is 651 g/mol. The standard InChI is InChI=1S/C47H29N3O/c1-2-10-30(11-3-1)32-20-23-34(24-21-32)45-48-46(37-25-22-31-12-4-5-14-35(31)28-37)50-47(49-45)41-18-9-19-42-44(41)40-27-26-36(29-43(40)51-42)39-17-8-15-33-13-6-7-16-38(33)39/h1-29H. The molecule has 2 heterocycles. The van der Waals surface area contributed by atoms with Crippen LogP contribution in [0.4, 0.5) is 0 Å². The maximum Gasteiger partial charge on any atom is 0.164 e. The summed E-state index contributed by atoms with van der Waals surface area (Å²) in [4.78, 5) is 15.3. The Morgan fingerprint density at radius 2 is 0.922 bits per heavy atom. The van der Waals surface area contributed by atoms with Crippen LogP contribution in [-0.4, -0.2) is 15.0 Å². The highest BCUT2D eigenvalue weighted by Gasteiger charge is 2.19. The lowest BCUT2D eigenvalue weighted by Gasteiger charge is -2.10. The predicted octanol–water partition coefficient (Wildman–Crippen LogP) is 12.4. The summed E-state index contributed by atoms with van der Waals surface area (Å²) in [6, 6.07) is 61.1. The maximum atomic E-state index is 6.55. The van der Waals surface area contributed by atoms with Crippen molar-refractivity contribution in [1.29, 1.82) is 0 Å². The van der Waals surface area contributed by atoms with Gasteiger partial charge in [-0.25, -0.2) is 15.0 Å². The molecule has 0 amide bonds. The topological polar surface area (TPSA) is 51.8 Å². The molecule has 0 aliphatic heterocycles. The van der Waals surface area contributed by atoms with Crippen molar-refractivity contribution in [3.8, 4) is 56.4 Å². The number of hydrogen-bond donors (Lipinski definition) is 0. The fraction of sp³-hybridized carbons (Fsp3) is 0. The van der Waals surface area contributed by atoms with Gasteiger partial charge in [0.2, 0.25) is 0 Å². The Hall–Kier alpha value is -6.91. The largest absolute Gasteiger partial charge is 0.456 e. The Bertz CT molecular complexity index is 2900.